The van der Waals surface area contributed by atoms with Gasteiger partial charge in [-0.05, 0) is 29.7 Å². The summed E-state index contributed by atoms with van der Waals surface area (Å²) in [4.78, 5) is 26.0. The minimum Gasteiger partial charge on any atom is -0.278 e. The number of rotatable bonds is 4. The summed E-state index contributed by atoms with van der Waals surface area (Å²) in [6, 6.07) is 18.8. The van der Waals surface area contributed by atoms with Gasteiger partial charge in [0.25, 0.3) is 0 Å². The molecule has 4 nitrogen and oxygen atoms in total. The van der Waals surface area contributed by atoms with Crippen LogP contribution in [-0.2, 0) is 22.6 Å². The molecule has 1 fully saturated rings. The van der Waals surface area contributed by atoms with E-state index in [4.69, 9.17) is 5.26 Å². The van der Waals surface area contributed by atoms with Crippen LogP contribution in [-0.4, -0.2) is 16.7 Å². The van der Waals surface area contributed by atoms with E-state index in [1.807, 2.05) is 36.4 Å². The normalized spacial score (nSPS) is 17.3. The van der Waals surface area contributed by atoms with Gasteiger partial charge in [0.15, 0.2) is 0 Å². The fourth-order valence-corrected chi connectivity index (χ4v) is 2.90. The molecule has 0 radical (unpaired) electrons. The average molecular weight is 304 g/mol. The van der Waals surface area contributed by atoms with Crippen LogP contribution in [0.5, 0.6) is 0 Å². The van der Waals surface area contributed by atoms with Gasteiger partial charge in [0.05, 0.1) is 24.1 Å². The molecular formula is C19H16N2O2. The van der Waals surface area contributed by atoms with Crippen LogP contribution in [0, 0.1) is 17.2 Å². The van der Waals surface area contributed by atoms with Crippen molar-refractivity contribution < 1.29 is 9.59 Å². The van der Waals surface area contributed by atoms with Crippen LogP contribution in [0.1, 0.15) is 23.1 Å². The molecule has 1 heterocycles. The highest BCUT2D eigenvalue weighted by Crippen LogP contribution is 2.25. The second-order valence-corrected chi connectivity index (χ2v) is 5.72. The molecule has 1 aliphatic rings. The first-order chi connectivity index (χ1) is 11.2. The lowest BCUT2D eigenvalue weighted by Crippen LogP contribution is -2.30. The minimum atomic E-state index is -0.288. The molecule has 0 aromatic heterocycles. The van der Waals surface area contributed by atoms with Crippen molar-refractivity contribution in [3.8, 4) is 6.07 Å². The van der Waals surface area contributed by atoms with Gasteiger partial charge in [0.1, 0.15) is 0 Å². The third-order valence-electron chi connectivity index (χ3n) is 4.06. The fourth-order valence-electron chi connectivity index (χ4n) is 2.90. The van der Waals surface area contributed by atoms with Gasteiger partial charge in [-0.25, -0.2) is 0 Å². The largest absolute Gasteiger partial charge is 0.278 e. The molecule has 1 atom stereocenters. The van der Waals surface area contributed by atoms with Crippen molar-refractivity contribution in [3.63, 3.8) is 0 Å². The van der Waals surface area contributed by atoms with E-state index in [-0.39, 0.29) is 30.7 Å². The molecule has 0 bridgehead atoms. The van der Waals surface area contributed by atoms with E-state index in [1.165, 1.54) is 4.90 Å². The molecular weight excluding hydrogens is 288 g/mol. The molecule has 3 rings (SSSR count). The van der Waals surface area contributed by atoms with Gasteiger partial charge in [-0.1, -0.05) is 42.5 Å². The summed E-state index contributed by atoms with van der Waals surface area (Å²) in [7, 11) is 0. The second-order valence-electron chi connectivity index (χ2n) is 5.72. The lowest BCUT2D eigenvalue weighted by Gasteiger charge is -2.15. The molecule has 1 aliphatic heterocycles. The van der Waals surface area contributed by atoms with Crippen molar-refractivity contribution in [2.45, 2.75) is 19.4 Å². The maximum absolute atomic E-state index is 12.5. The standard InChI is InChI=1S/C19H16N2O2/c20-12-15-7-4-8-16(9-15)13-21-18(22)11-17(19(21)23)10-14-5-2-1-3-6-14/h1-9,17H,10-11,13H2/t17-/m0/s1. The highest BCUT2D eigenvalue weighted by atomic mass is 16.2. The third kappa shape index (κ3) is 3.29. The first-order valence-electron chi connectivity index (χ1n) is 7.54. The molecule has 0 N–H and O–H groups in total. The molecule has 4 heteroatoms. The predicted molar refractivity (Wildman–Crippen MR) is 85.0 cm³/mol. The molecule has 0 aliphatic carbocycles. The van der Waals surface area contributed by atoms with Crippen molar-refractivity contribution in [3.05, 3.63) is 71.3 Å². The summed E-state index contributed by atoms with van der Waals surface area (Å²) >= 11 is 0. The van der Waals surface area contributed by atoms with Crippen molar-refractivity contribution in [1.29, 1.82) is 5.26 Å². The number of carbonyl (C=O) groups excluding carboxylic acids is 2. The van der Waals surface area contributed by atoms with Crippen molar-refractivity contribution in [1.82, 2.24) is 4.90 Å². The maximum Gasteiger partial charge on any atom is 0.233 e. The van der Waals surface area contributed by atoms with Gasteiger partial charge >= 0.3 is 0 Å². The highest BCUT2D eigenvalue weighted by Gasteiger charge is 2.38. The predicted octanol–water partition coefficient (Wildman–Crippen LogP) is 2.68. The number of nitriles is 1. The number of carbonyl (C=O) groups is 2. The summed E-state index contributed by atoms with van der Waals surface area (Å²) in [5, 5.41) is 8.94. The molecule has 23 heavy (non-hydrogen) atoms. The fraction of sp³-hybridized carbons (Fsp3) is 0.211. The number of nitrogens with zero attached hydrogens (tertiary/aromatic N) is 2. The Kier molecular flexibility index (Phi) is 4.20. The summed E-state index contributed by atoms with van der Waals surface area (Å²) in [6.45, 7) is 0.235. The molecule has 2 amide bonds. The van der Waals surface area contributed by atoms with Gasteiger partial charge in [-0.2, -0.15) is 5.26 Å². The Morgan fingerprint density at radius 2 is 1.78 bits per heavy atom. The Balaban J connectivity index is 1.72. The Morgan fingerprint density at radius 1 is 1.04 bits per heavy atom. The van der Waals surface area contributed by atoms with Crippen LogP contribution in [0.3, 0.4) is 0 Å². The van der Waals surface area contributed by atoms with E-state index in [2.05, 4.69) is 6.07 Å². The summed E-state index contributed by atoms with van der Waals surface area (Å²) in [6.07, 6.45) is 0.839. The van der Waals surface area contributed by atoms with Gasteiger partial charge in [0.2, 0.25) is 11.8 Å². The van der Waals surface area contributed by atoms with Crippen LogP contribution in [0.15, 0.2) is 54.6 Å². The van der Waals surface area contributed by atoms with Crippen molar-refractivity contribution >= 4 is 11.8 Å². The molecule has 0 spiro atoms. The van der Waals surface area contributed by atoms with Gasteiger partial charge in [-0.3, -0.25) is 14.5 Å². The lowest BCUT2D eigenvalue weighted by molar-refractivity contribution is -0.140. The molecule has 0 unspecified atom stereocenters. The second kappa shape index (κ2) is 6.45. The number of imide groups is 1. The van der Waals surface area contributed by atoms with Crippen LogP contribution in [0.4, 0.5) is 0 Å². The number of hydrogen-bond acceptors (Lipinski definition) is 3. The topological polar surface area (TPSA) is 61.2 Å². The van der Waals surface area contributed by atoms with Crippen LogP contribution in [0.25, 0.3) is 0 Å². The quantitative estimate of drug-likeness (QED) is 0.816. The van der Waals surface area contributed by atoms with E-state index in [0.717, 1.165) is 11.1 Å². The summed E-state index contributed by atoms with van der Waals surface area (Å²) < 4.78 is 0. The Labute approximate surface area is 135 Å². The Morgan fingerprint density at radius 3 is 2.52 bits per heavy atom. The minimum absolute atomic E-state index is 0.124. The molecule has 2 aromatic rings. The lowest BCUT2D eigenvalue weighted by atomic mass is 9.98. The van der Waals surface area contributed by atoms with Crippen LogP contribution >= 0.6 is 0 Å². The number of amides is 2. The van der Waals surface area contributed by atoms with E-state index in [9.17, 15) is 9.59 Å². The molecule has 1 saturated heterocycles. The van der Waals surface area contributed by atoms with Crippen LogP contribution in [0.2, 0.25) is 0 Å². The average Bonchev–Trinajstić information content (AvgIpc) is 2.83. The smallest absolute Gasteiger partial charge is 0.233 e. The Bertz CT molecular complexity index is 777. The van der Waals surface area contributed by atoms with E-state index in [0.29, 0.717) is 12.0 Å². The SMILES string of the molecule is N#Cc1cccc(CN2C(=O)C[C@H](Cc3ccccc3)C2=O)c1. The third-order valence-corrected chi connectivity index (χ3v) is 4.06. The molecule has 2 aromatic carbocycles. The molecule has 114 valence electrons. The first-order valence-corrected chi connectivity index (χ1v) is 7.54. The van der Waals surface area contributed by atoms with Crippen molar-refractivity contribution in [2.24, 2.45) is 5.92 Å². The zero-order valence-corrected chi connectivity index (χ0v) is 12.6. The highest BCUT2D eigenvalue weighted by molar-refractivity contribution is 6.03. The Hall–Kier alpha value is -2.93. The molecule has 0 saturated carbocycles. The van der Waals surface area contributed by atoms with Gasteiger partial charge < -0.3 is 0 Å². The zero-order valence-electron chi connectivity index (χ0n) is 12.6. The number of benzene rings is 2. The van der Waals surface area contributed by atoms with Crippen LogP contribution < -0.4 is 0 Å². The van der Waals surface area contributed by atoms with Crippen molar-refractivity contribution in [2.75, 3.05) is 0 Å². The summed E-state index contributed by atoms with van der Waals surface area (Å²) in [5.41, 5.74) is 2.39. The van der Waals surface area contributed by atoms with E-state index < -0.39 is 0 Å². The monoisotopic (exact) mass is 304 g/mol. The summed E-state index contributed by atoms with van der Waals surface area (Å²) in [5.74, 6) is -0.552. The van der Waals surface area contributed by atoms with E-state index >= 15 is 0 Å². The zero-order chi connectivity index (χ0) is 16.2. The van der Waals surface area contributed by atoms with Gasteiger partial charge in [-0.15, -0.1) is 0 Å². The number of likely N-dealkylation sites (tertiary alicyclic amines) is 1. The first kappa shape index (κ1) is 15.0. The van der Waals surface area contributed by atoms with E-state index in [1.54, 1.807) is 18.2 Å². The van der Waals surface area contributed by atoms with Gasteiger partial charge in [0, 0.05) is 6.42 Å². The number of hydrogen-bond donors (Lipinski definition) is 0. The maximum atomic E-state index is 12.5.